The number of aromatic nitrogens is 4. The van der Waals surface area contributed by atoms with Crippen molar-refractivity contribution in [1.29, 1.82) is 0 Å². The number of carbonyl (C=O) groups excluding carboxylic acids is 1. The van der Waals surface area contributed by atoms with Crippen LogP contribution >= 0.6 is 0 Å². The van der Waals surface area contributed by atoms with Gasteiger partial charge in [-0.15, -0.1) is 0 Å². The average molecular weight is 372 g/mol. The zero-order valence-electron chi connectivity index (χ0n) is 15.6. The molecule has 28 heavy (non-hydrogen) atoms. The summed E-state index contributed by atoms with van der Waals surface area (Å²) in [6.45, 7) is 3.29. The summed E-state index contributed by atoms with van der Waals surface area (Å²) >= 11 is 0. The summed E-state index contributed by atoms with van der Waals surface area (Å²) < 4.78 is 0. The maximum Gasteiger partial charge on any atom is 0.255 e. The molecule has 140 valence electrons. The van der Waals surface area contributed by atoms with Crippen LogP contribution in [0, 0.1) is 0 Å². The minimum Gasteiger partial charge on any atom is -0.346 e. The van der Waals surface area contributed by atoms with E-state index in [1.165, 1.54) is 0 Å². The number of amides is 1. The fraction of sp³-hybridized carbons (Fsp3) is 0.238. The minimum absolute atomic E-state index is 0.0408. The molecule has 3 aromatic heterocycles. The first-order chi connectivity index (χ1) is 13.7. The van der Waals surface area contributed by atoms with E-state index in [1.807, 2.05) is 35.4 Å². The third kappa shape index (κ3) is 2.90. The van der Waals surface area contributed by atoms with Gasteiger partial charge in [0, 0.05) is 61.9 Å². The Bertz CT molecular complexity index is 1180. The summed E-state index contributed by atoms with van der Waals surface area (Å²) in [6.07, 6.45) is 6.97. The van der Waals surface area contributed by atoms with E-state index in [0.29, 0.717) is 5.56 Å². The zero-order chi connectivity index (χ0) is 19.1. The normalized spacial score (nSPS) is 15.4. The highest BCUT2D eigenvalue weighted by atomic mass is 16.2. The highest BCUT2D eigenvalue weighted by Gasteiger charge is 2.21. The SMILES string of the molecule is CN1CCN(C(=O)c2cnc3[nH]cc(-c4ccc5nccnc5c4)c3c2)CC1. The molecule has 0 atom stereocenters. The van der Waals surface area contributed by atoms with Gasteiger partial charge >= 0.3 is 0 Å². The monoisotopic (exact) mass is 372 g/mol. The van der Waals surface area contributed by atoms with E-state index >= 15 is 0 Å². The van der Waals surface area contributed by atoms with E-state index in [9.17, 15) is 4.79 Å². The lowest BCUT2D eigenvalue weighted by Gasteiger charge is -2.32. The molecule has 1 aromatic carbocycles. The van der Waals surface area contributed by atoms with Crippen molar-refractivity contribution in [2.24, 2.45) is 0 Å². The van der Waals surface area contributed by atoms with Gasteiger partial charge in [0.15, 0.2) is 0 Å². The van der Waals surface area contributed by atoms with Gasteiger partial charge < -0.3 is 14.8 Å². The molecule has 4 aromatic rings. The molecule has 0 spiro atoms. The van der Waals surface area contributed by atoms with Gasteiger partial charge in [-0.05, 0) is 30.8 Å². The van der Waals surface area contributed by atoms with E-state index in [0.717, 1.165) is 59.4 Å². The van der Waals surface area contributed by atoms with Crippen molar-refractivity contribution in [2.75, 3.05) is 33.2 Å². The smallest absolute Gasteiger partial charge is 0.255 e. The van der Waals surface area contributed by atoms with Crippen molar-refractivity contribution in [3.8, 4) is 11.1 Å². The summed E-state index contributed by atoms with van der Waals surface area (Å²) in [5, 5.41) is 0.934. The van der Waals surface area contributed by atoms with E-state index in [1.54, 1.807) is 18.6 Å². The molecule has 0 radical (unpaired) electrons. The van der Waals surface area contributed by atoms with Crippen LogP contribution in [-0.2, 0) is 0 Å². The van der Waals surface area contributed by atoms with E-state index in [4.69, 9.17) is 0 Å². The number of hydrogen-bond donors (Lipinski definition) is 1. The van der Waals surface area contributed by atoms with Gasteiger partial charge in [-0.3, -0.25) is 14.8 Å². The summed E-state index contributed by atoms with van der Waals surface area (Å²) in [6, 6.07) is 7.94. The van der Waals surface area contributed by atoms with Crippen molar-refractivity contribution in [3.05, 3.63) is 54.6 Å². The first kappa shape index (κ1) is 16.8. The molecular formula is C21H20N6O. The maximum atomic E-state index is 12.9. The van der Waals surface area contributed by atoms with E-state index < -0.39 is 0 Å². The molecule has 4 heterocycles. The summed E-state index contributed by atoms with van der Waals surface area (Å²) in [7, 11) is 2.08. The van der Waals surface area contributed by atoms with Crippen LogP contribution < -0.4 is 0 Å². The molecule has 0 bridgehead atoms. The molecule has 1 fully saturated rings. The largest absolute Gasteiger partial charge is 0.346 e. The number of nitrogens with zero attached hydrogens (tertiary/aromatic N) is 5. The molecule has 0 aliphatic carbocycles. The Balaban J connectivity index is 1.53. The molecule has 0 saturated carbocycles. The van der Waals surface area contributed by atoms with Crippen LogP contribution in [0.2, 0.25) is 0 Å². The number of piperazine rings is 1. The molecule has 1 saturated heterocycles. The Morgan fingerprint density at radius 3 is 2.61 bits per heavy atom. The highest BCUT2D eigenvalue weighted by molar-refractivity contribution is 6.01. The van der Waals surface area contributed by atoms with Gasteiger partial charge in [-0.2, -0.15) is 0 Å². The third-order valence-corrected chi connectivity index (χ3v) is 5.35. The highest BCUT2D eigenvalue weighted by Crippen LogP contribution is 2.30. The number of fused-ring (bicyclic) bond motifs is 2. The van der Waals surface area contributed by atoms with Crippen molar-refractivity contribution >= 4 is 28.0 Å². The Labute approximate surface area is 162 Å². The van der Waals surface area contributed by atoms with Crippen LogP contribution in [0.5, 0.6) is 0 Å². The zero-order valence-corrected chi connectivity index (χ0v) is 15.6. The van der Waals surface area contributed by atoms with Crippen molar-refractivity contribution in [3.63, 3.8) is 0 Å². The maximum absolute atomic E-state index is 12.9. The lowest BCUT2D eigenvalue weighted by Crippen LogP contribution is -2.47. The third-order valence-electron chi connectivity index (χ3n) is 5.35. The average Bonchev–Trinajstić information content (AvgIpc) is 3.16. The quantitative estimate of drug-likeness (QED) is 0.585. The van der Waals surface area contributed by atoms with E-state index in [-0.39, 0.29) is 5.91 Å². The lowest BCUT2D eigenvalue weighted by atomic mass is 10.0. The molecular weight excluding hydrogens is 352 g/mol. The predicted molar refractivity (Wildman–Crippen MR) is 108 cm³/mol. The molecule has 1 N–H and O–H groups in total. The Hall–Kier alpha value is -3.32. The molecule has 7 heteroatoms. The van der Waals surface area contributed by atoms with Crippen LogP contribution in [0.25, 0.3) is 33.2 Å². The fourth-order valence-corrected chi connectivity index (χ4v) is 3.68. The van der Waals surface area contributed by atoms with Crippen molar-refractivity contribution in [1.82, 2.24) is 29.7 Å². The fourth-order valence-electron chi connectivity index (χ4n) is 3.68. The first-order valence-corrected chi connectivity index (χ1v) is 9.35. The standard InChI is InChI=1S/C21H20N6O/c1-26-6-8-27(9-7-26)21(28)15-10-16-17(13-25-20(16)24-12-15)14-2-3-18-19(11-14)23-5-4-22-18/h2-5,10-13H,6-9H2,1H3,(H,24,25). The number of rotatable bonds is 2. The van der Waals surface area contributed by atoms with Gasteiger partial charge in [0.1, 0.15) is 5.65 Å². The van der Waals surface area contributed by atoms with Gasteiger partial charge in [0.2, 0.25) is 0 Å². The number of benzene rings is 1. The van der Waals surface area contributed by atoms with Crippen LogP contribution in [-0.4, -0.2) is 68.9 Å². The van der Waals surface area contributed by atoms with Crippen molar-refractivity contribution < 1.29 is 4.79 Å². The number of carbonyl (C=O) groups is 1. The van der Waals surface area contributed by atoms with Crippen molar-refractivity contribution in [2.45, 2.75) is 0 Å². The summed E-state index contributed by atoms with van der Waals surface area (Å²) in [4.78, 5) is 33.5. The minimum atomic E-state index is 0.0408. The number of H-pyrrole nitrogens is 1. The van der Waals surface area contributed by atoms with Crippen LogP contribution in [0.4, 0.5) is 0 Å². The summed E-state index contributed by atoms with van der Waals surface area (Å²) in [5.74, 6) is 0.0408. The summed E-state index contributed by atoms with van der Waals surface area (Å²) in [5.41, 5.74) is 5.11. The molecule has 1 aliphatic heterocycles. The van der Waals surface area contributed by atoms with E-state index in [2.05, 4.69) is 31.9 Å². The number of aromatic amines is 1. The Morgan fingerprint density at radius 2 is 1.79 bits per heavy atom. The lowest BCUT2D eigenvalue weighted by molar-refractivity contribution is 0.0664. The second kappa shape index (κ2) is 6.69. The molecule has 7 nitrogen and oxygen atoms in total. The molecule has 5 rings (SSSR count). The second-order valence-electron chi connectivity index (χ2n) is 7.18. The number of likely N-dealkylation sites (N-methyl/N-ethyl adjacent to an activating group) is 1. The number of nitrogens with one attached hydrogen (secondary N) is 1. The number of hydrogen-bond acceptors (Lipinski definition) is 5. The van der Waals surface area contributed by atoms with Gasteiger partial charge in [0.05, 0.1) is 16.6 Å². The Morgan fingerprint density at radius 1 is 1.00 bits per heavy atom. The van der Waals surface area contributed by atoms with Gasteiger partial charge in [0.25, 0.3) is 5.91 Å². The molecule has 1 amide bonds. The Kier molecular flexibility index (Phi) is 4.02. The molecule has 0 unspecified atom stereocenters. The van der Waals surface area contributed by atoms with Crippen LogP contribution in [0.3, 0.4) is 0 Å². The topological polar surface area (TPSA) is 78.0 Å². The second-order valence-corrected chi connectivity index (χ2v) is 7.18. The van der Waals surface area contributed by atoms with Crippen LogP contribution in [0.15, 0.2) is 49.1 Å². The van der Waals surface area contributed by atoms with Gasteiger partial charge in [-0.1, -0.05) is 6.07 Å². The number of pyridine rings is 1. The molecule has 1 aliphatic rings. The van der Waals surface area contributed by atoms with Crippen LogP contribution in [0.1, 0.15) is 10.4 Å². The predicted octanol–water partition coefficient (Wildman–Crippen LogP) is 2.56. The first-order valence-electron chi connectivity index (χ1n) is 9.35. The van der Waals surface area contributed by atoms with Gasteiger partial charge in [-0.25, -0.2) is 4.98 Å².